The SMILES string of the molecule is CC[C@H](C)N(Cc1cccs1)C[C@H](O)COC(C)C. The van der Waals surface area contributed by atoms with Crippen molar-refractivity contribution < 1.29 is 9.84 Å². The zero-order valence-corrected chi connectivity index (χ0v) is 13.3. The Bertz CT molecular complexity index is 327. The maximum atomic E-state index is 10.1. The third kappa shape index (κ3) is 6.52. The van der Waals surface area contributed by atoms with Crippen LogP contribution in [-0.2, 0) is 11.3 Å². The second-order valence-corrected chi connectivity index (χ2v) is 6.33. The van der Waals surface area contributed by atoms with Crippen molar-refractivity contribution in [1.29, 1.82) is 0 Å². The largest absolute Gasteiger partial charge is 0.389 e. The van der Waals surface area contributed by atoms with Crippen molar-refractivity contribution in [2.24, 2.45) is 0 Å². The average Bonchev–Trinajstić information content (AvgIpc) is 2.87. The highest BCUT2D eigenvalue weighted by atomic mass is 32.1. The third-order valence-electron chi connectivity index (χ3n) is 3.22. The summed E-state index contributed by atoms with van der Waals surface area (Å²) >= 11 is 1.77. The molecule has 0 aliphatic carbocycles. The van der Waals surface area contributed by atoms with Crippen molar-refractivity contribution in [2.75, 3.05) is 13.2 Å². The van der Waals surface area contributed by atoms with E-state index in [1.165, 1.54) is 4.88 Å². The fourth-order valence-corrected chi connectivity index (χ4v) is 2.62. The summed E-state index contributed by atoms with van der Waals surface area (Å²) in [5, 5.41) is 12.2. The van der Waals surface area contributed by atoms with Crippen LogP contribution in [0.2, 0.25) is 0 Å². The number of aliphatic hydroxyl groups excluding tert-OH is 1. The van der Waals surface area contributed by atoms with Crippen LogP contribution < -0.4 is 0 Å². The standard InChI is InChI=1S/C15H27NO2S/c1-5-13(4)16(10-15-7-6-8-19-15)9-14(17)11-18-12(2)3/h6-8,12-14,17H,5,9-11H2,1-4H3/t13-,14-/m0/s1. The average molecular weight is 285 g/mol. The number of thiophene rings is 1. The Hall–Kier alpha value is -0.420. The van der Waals surface area contributed by atoms with Crippen LogP contribution in [0.5, 0.6) is 0 Å². The van der Waals surface area contributed by atoms with Crippen molar-refractivity contribution in [3.8, 4) is 0 Å². The zero-order valence-electron chi connectivity index (χ0n) is 12.5. The van der Waals surface area contributed by atoms with Crippen LogP contribution in [0.3, 0.4) is 0 Å². The molecule has 0 fully saturated rings. The van der Waals surface area contributed by atoms with Crippen LogP contribution in [-0.4, -0.2) is 41.4 Å². The normalized spacial score (nSPS) is 15.1. The smallest absolute Gasteiger partial charge is 0.0900 e. The lowest BCUT2D eigenvalue weighted by atomic mass is 10.2. The highest BCUT2D eigenvalue weighted by Crippen LogP contribution is 2.15. The summed E-state index contributed by atoms with van der Waals surface area (Å²) in [6, 6.07) is 4.69. The van der Waals surface area contributed by atoms with Gasteiger partial charge in [0.05, 0.1) is 18.8 Å². The molecule has 110 valence electrons. The molecule has 0 unspecified atom stereocenters. The van der Waals surface area contributed by atoms with Gasteiger partial charge in [-0.05, 0) is 38.6 Å². The molecule has 1 aromatic heterocycles. The van der Waals surface area contributed by atoms with Gasteiger partial charge in [-0.1, -0.05) is 13.0 Å². The van der Waals surface area contributed by atoms with Crippen LogP contribution in [0.15, 0.2) is 17.5 Å². The molecule has 4 heteroatoms. The van der Waals surface area contributed by atoms with Gasteiger partial charge in [-0.15, -0.1) is 11.3 Å². The Balaban J connectivity index is 2.49. The maximum absolute atomic E-state index is 10.1. The third-order valence-corrected chi connectivity index (χ3v) is 4.08. The molecule has 0 saturated carbocycles. The fourth-order valence-electron chi connectivity index (χ4n) is 1.89. The summed E-state index contributed by atoms with van der Waals surface area (Å²) < 4.78 is 5.48. The molecule has 19 heavy (non-hydrogen) atoms. The van der Waals surface area contributed by atoms with Gasteiger partial charge in [-0.25, -0.2) is 0 Å². The van der Waals surface area contributed by atoms with Crippen LogP contribution >= 0.6 is 11.3 Å². The first-order valence-electron chi connectivity index (χ1n) is 7.09. The summed E-state index contributed by atoms with van der Waals surface area (Å²) in [7, 11) is 0. The molecule has 2 atom stereocenters. The Kier molecular flexibility index (Phi) is 7.61. The lowest BCUT2D eigenvalue weighted by molar-refractivity contribution is -0.0147. The van der Waals surface area contributed by atoms with Gasteiger partial charge < -0.3 is 9.84 Å². The molecule has 0 aliphatic heterocycles. The number of aliphatic hydroxyl groups is 1. The highest BCUT2D eigenvalue weighted by molar-refractivity contribution is 7.09. The van der Waals surface area contributed by atoms with Gasteiger partial charge in [0.15, 0.2) is 0 Å². The summed E-state index contributed by atoms with van der Waals surface area (Å²) in [4.78, 5) is 3.68. The number of nitrogens with zero attached hydrogens (tertiary/aromatic N) is 1. The van der Waals surface area contributed by atoms with E-state index in [2.05, 4.69) is 36.3 Å². The minimum absolute atomic E-state index is 0.170. The quantitative estimate of drug-likeness (QED) is 0.756. The van der Waals surface area contributed by atoms with Gasteiger partial charge >= 0.3 is 0 Å². The predicted molar refractivity (Wildman–Crippen MR) is 81.6 cm³/mol. The van der Waals surface area contributed by atoms with E-state index < -0.39 is 6.10 Å². The molecule has 0 saturated heterocycles. The fraction of sp³-hybridized carbons (Fsp3) is 0.733. The van der Waals surface area contributed by atoms with Gasteiger partial charge in [0.2, 0.25) is 0 Å². The van der Waals surface area contributed by atoms with E-state index in [0.717, 1.165) is 13.0 Å². The second kappa shape index (κ2) is 8.69. The first kappa shape index (κ1) is 16.6. The molecule has 0 bridgehead atoms. The molecule has 0 aromatic carbocycles. The van der Waals surface area contributed by atoms with E-state index in [9.17, 15) is 5.11 Å². The topological polar surface area (TPSA) is 32.7 Å². The number of hydrogen-bond donors (Lipinski definition) is 1. The first-order valence-corrected chi connectivity index (χ1v) is 7.97. The lowest BCUT2D eigenvalue weighted by Gasteiger charge is -2.30. The van der Waals surface area contributed by atoms with Crippen molar-refractivity contribution in [3.05, 3.63) is 22.4 Å². The number of hydrogen-bond acceptors (Lipinski definition) is 4. The number of ether oxygens (including phenoxy) is 1. The molecule has 1 aromatic rings. The van der Waals surface area contributed by atoms with E-state index in [-0.39, 0.29) is 6.10 Å². The lowest BCUT2D eigenvalue weighted by Crippen LogP contribution is -2.40. The molecule has 1 N–H and O–H groups in total. The minimum Gasteiger partial charge on any atom is -0.389 e. The maximum Gasteiger partial charge on any atom is 0.0900 e. The predicted octanol–water partition coefficient (Wildman–Crippen LogP) is 3.13. The van der Waals surface area contributed by atoms with Crippen molar-refractivity contribution >= 4 is 11.3 Å². The van der Waals surface area contributed by atoms with Crippen LogP contribution in [0.25, 0.3) is 0 Å². The van der Waals surface area contributed by atoms with E-state index in [1.807, 2.05) is 13.8 Å². The van der Waals surface area contributed by atoms with Crippen LogP contribution in [0.4, 0.5) is 0 Å². The summed E-state index contributed by atoms with van der Waals surface area (Å²) in [6.07, 6.45) is 0.837. The Morgan fingerprint density at radius 3 is 2.63 bits per heavy atom. The van der Waals surface area contributed by atoms with Crippen molar-refractivity contribution in [3.63, 3.8) is 0 Å². The van der Waals surface area contributed by atoms with E-state index in [0.29, 0.717) is 19.2 Å². The van der Waals surface area contributed by atoms with E-state index in [1.54, 1.807) is 11.3 Å². The van der Waals surface area contributed by atoms with Gasteiger partial charge in [0, 0.05) is 24.0 Å². The van der Waals surface area contributed by atoms with Crippen LogP contribution in [0.1, 0.15) is 39.0 Å². The van der Waals surface area contributed by atoms with Crippen molar-refractivity contribution in [2.45, 2.75) is 58.9 Å². The molecule has 3 nitrogen and oxygen atoms in total. The van der Waals surface area contributed by atoms with Gasteiger partial charge in [-0.2, -0.15) is 0 Å². The molecular formula is C15H27NO2S. The molecule has 1 rings (SSSR count). The molecule has 0 aliphatic rings. The van der Waals surface area contributed by atoms with E-state index >= 15 is 0 Å². The number of rotatable bonds is 9. The molecular weight excluding hydrogens is 258 g/mol. The zero-order chi connectivity index (χ0) is 14.3. The van der Waals surface area contributed by atoms with Crippen LogP contribution in [0, 0.1) is 0 Å². The Morgan fingerprint density at radius 1 is 1.37 bits per heavy atom. The van der Waals surface area contributed by atoms with Gasteiger partial charge in [-0.3, -0.25) is 4.90 Å². The molecule has 0 radical (unpaired) electrons. The summed E-state index contributed by atoms with van der Waals surface area (Å²) in [6.45, 7) is 10.4. The summed E-state index contributed by atoms with van der Waals surface area (Å²) in [5.74, 6) is 0. The van der Waals surface area contributed by atoms with Gasteiger partial charge in [0.1, 0.15) is 0 Å². The minimum atomic E-state index is -0.420. The highest BCUT2D eigenvalue weighted by Gasteiger charge is 2.17. The molecule has 0 spiro atoms. The van der Waals surface area contributed by atoms with Crippen molar-refractivity contribution in [1.82, 2.24) is 4.90 Å². The monoisotopic (exact) mass is 285 g/mol. The Labute approximate surface area is 121 Å². The Morgan fingerprint density at radius 2 is 2.11 bits per heavy atom. The molecule has 1 heterocycles. The molecule has 0 amide bonds. The summed E-state index contributed by atoms with van der Waals surface area (Å²) in [5.41, 5.74) is 0. The first-order chi connectivity index (χ1) is 9.02. The second-order valence-electron chi connectivity index (χ2n) is 5.30. The van der Waals surface area contributed by atoms with Gasteiger partial charge in [0.25, 0.3) is 0 Å². The van der Waals surface area contributed by atoms with E-state index in [4.69, 9.17) is 4.74 Å².